The number of halogens is 7. The maximum Gasteiger partial charge on any atom is 0.460 e. The maximum atomic E-state index is 13.2. The van der Waals surface area contributed by atoms with Gasteiger partial charge in [0, 0.05) is 5.56 Å². The summed E-state index contributed by atoms with van der Waals surface area (Å²) in [4.78, 5) is 11.5. The zero-order chi connectivity index (χ0) is 17.4. The summed E-state index contributed by atoms with van der Waals surface area (Å²) < 4.78 is 87.9. The van der Waals surface area contributed by atoms with E-state index in [0.717, 1.165) is 12.1 Å². The van der Waals surface area contributed by atoms with E-state index in [0.29, 0.717) is 0 Å². The van der Waals surface area contributed by atoms with E-state index in [1.807, 2.05) is 0 Å². The largest absolute Gasteiger partial charge is 0.460 e. The molecule has 0 amide bonds. The number of hydrogen-bond acceptors (Lipinski definition) is 3. The fraction of sp³-hybridized carbons (Fsp3) is 0.417. The van der Waals surface area contributed by atoms with Crippen LogP contribution in [0.25, 0.3) is 0 Å². The topological polar surface area (TPSA) is 57.5 Å². The van der Waals surface area contributed by atoms with Gasteiger partial charge in [-0.1, -0.05) is 30.3 Å². The molecular formula is C12H9F7O3. The Balaban J connectivity index is 3.10. The Labute approximate surface area is 119 Å². The minimum Gasteiger partial charge on any atom is -0.360 e. The molecule has 22 heavy (non-hydrogen) atoms. The third kappa shape index (κ3) is 3.07. The number of aliphatic hydroxyl groups is 2. The van der Waals surface area contributed by atoms with Crippen LogP contribution in [0.1, 0.15) is 16.8 Å². The van der Waals surface area contributed by atoms with Crippen LogP contribution in [0.2, 0.25) is 0 Å². The van der Waals surface area contributed by atoms with Crippen LogP contribution in [-0.2, 0) is 0 Å². The first-order chi connectivity index (χ1) is 9.74. The molecule has 124 valence electrons. The van der Waals surface area contributed by atoms with Crippen LogP contribution < -0.4 is 0 Å². The summed E-state index contributed by atoms with van der Waals surface area (Å²) in [5.74, 6) is -19.4. The Kier molecular flexibility index (Phi) is 4.60. The summed E-state index contributed by atoms with van der Waals surface area (Å²) in [5, 5.41) is 18.0. The molecule has 2 N–H and O–H groups in total. The van der Waals surface area contributed by atoms with Gasteiger partial charge in [0.05, 0.1) is 6.42 Å². The van der Waals surface area contributed by atoms with Crippen molar-refractivity contribution in [3.05, 3.63) is 35.9 Å². The monoisotopic (exact) mass is 334 g/mol. The van der Waals surface area contributed by atoms with Gasteiger partial charge in [-0.2, -0.15) is 30.7 Å². The van der Waals surface area contributed by atoms with Gasteiger partial charge in [0.2, 0.25) is 5.79 Å². The van der Waals surface area contributed by atoms with E-state index in [2.05, 4.69) is 0 Å². The molecule has 1 aromatic rings. The van der Waals surface area contributed by atoms with E-state index >= 15 is 0 Å². The highest BCUT2D eigenvalue weighted by Gasteiger charge is 2.79. The van der Waals surface area contributed by atoms with E-state index in [-0.39, 0.29) is 5.56 Å². The normalized spacial score (nSPS) is 14.0. The van der Waals surface area contributed by atoms with E-state index in [4.69, 9.17) is 10.2 Å². The highest BCUT2D eigenvalue weighted by Crippen LogP contribution is 2.51. The molecule has 1 aromatic carbocycles. The van der Waals surface area contributed by atoms with E-state index in [9.17, 15) is 35.5 Å². The fourth-order valence-corrected chi connectivity index (χ4v) is 1.49. The summed E-state index contributed by atoms with van der Waals surface area (Å²) in [7, 11) is 0. The number of hydrogen-bond donors (Lipinski definition) is 2. The van der Waals surface area contributed by atoms with Crippen molar-refractivity contribution in [2.24, 2.45) is 0 Å². The number of Topliss-reactive ketones (excluding diaryl/α,β-unsaturated/α-hetero) is 1. The SMILES string of the molecule is O=C(CC(O)(O)C(F)(F)C(F)(F)C(F)(F)F)c1ccccc1. The predicted molar refractivity (Wildman–Crippen MR) is 58.5 cm³/mol. The van der Waals surface area contributed by atoms with Crippen molar-refractivity contribution in [2.45, 2.75) is 30.2 Å². The molecule has 0 heterocycles. The number of alkyl halides is 7. The van der Waals surface area contributed by atoms with E-state index in [1.54, 1.807) is 0 Å². The maximum absolute atomic E-state index is 13.2. The molecule has 0 saturated carbocycles. The van der Waals surface area contributed by atoms with Crippen molar-refractivity contribution < 1.29 is 45.7 Å². The van der Waals surface area contributed by atoms with Crippen LogP contribution in [-0.4, -0.2) is 39.8 Å². The summed E-state index contributed by atoms with van der Waals surface area (Å²) in [5.41, 5.74) is -0.360. The van der Waals surface area contributed by atoms with Crippen molar-refractivity contribution in [3.8, 4) is 0 Å². The first-order valence-corrected chi connectivity index (χ1v) is 5.59. The van der Waals surface area contributed by atoms with Gasteiger partial charge in [0.1, 0.15) is 0 Å². The minimum absolute atomic E-state index is 0.360. The van der Waals surface area contributed by atoms with Crippen LogP contribution >= 0.6 is 0 Å². The molecule has 0 fully saturated rings. The van der Waals surface area contributed by atoms with E-state index < -0.39 is 36.0 Å². The Morgan fingerprint density at radius 1 is 0.864 bits per heavy atom. The number of rotatable bonds is 5. The molecule has 0 atom stereocenters. The highest BCUT2D eigenvalue weighted by molar-refractivity contribution is 5.96. The minimum atomic E-state index is -6.74. The molecule has 10 heteroatoms. The van der Waals surface area contributed by atoms with Gasteiger partial charge >= 0.3 is 18.0 Å². The van der Waals surface area contributed by atoms with Crippen molar-refractivity contribution in [1.82, 2.24) is 0 Å². The van der Waals surface area contributed by atoms with Gasteiger partial charge in [-0.25, -0.2) is 0 Å². The quantitative estimate of drug-likeness (QED) is 0.495. The fourth-order valence-electron chi connectivity index (χ4n) is 1.49. The molecule has 0 spiro atoms. The molecule has 0 aliphatic carbocycles. The lowest BCUT2D eigenvalue weighted by Gasteiger charge is -2.36. The second-order valence-corrected chi connectivity index (χ2v) is 4.43. The Morgan fingerprint density at radius 3 is 1.73 bits per heavy atom. The Bertz CT molecular complexity index is 537. The zero-order valence-electron chi connectivity index (χ0n) is 10.5. The first-order valence-electron chi connectivity index (χ1n) is 5.59. The van der Waals surface area contributed by atoms with Gasteiger partial charge in [-0.3, -0.25) is 4.79 Å². The van der Waals surface area contributed by atoms with Gasteiger partial charge in [0.15, 0.2) is 5.78 Å². The lowest BCUT2D eigenvalue weighted by atomic mass is 9.94. The van der Waals surface area contributed by atoms with Crippen LogP contribution in [0, 0.1) is 0 Å². The lowest BCUT2D eigenvalue weighted by Crippen LogP contribution is -2.64. The molecule has 0 aliphatic heterocycles. The van der Waals surface area contributed by atoms with Gasteiger partial charge in [0.25, 0.3) is 0 Å². The molecular weight excluding hydrogens is 325 g/mol. The van der Waals surface area contributed by atoms with Crippen LogP contribution in [0.5, 0.6) is 0 Å². The van der Waals surface area contributed by atoms with E-state index in [1.165, 1.54) is 18.2 Å². The second kappa shape index (κ2) is 5.51. The first kappa shape index (κ1) is 18.4. The zero-order valence-corrected chi connectivity index (χ0v) is 10.5. The molecule has 0 saturated heterocycles. The third-order valence-electron chi connectivity index (χ3n) is 2.76. The summed E-state index contributed by atoms with van der Waals surface area (Å²) >= 11 is 0. The molecule has 0 radical (unpaired) electrons. The molecule has 0 unspecified atom stereocenters. The molecule has 3 nitrogen and oxygen atoms in total. The van der Waals surface area contributed by atoms with Crippen LogP contribution in [0.3, 0.4) is 0 Å². The average Bonchev–Trinajstić information content (AvgIpc) is 2.37. The molecule has 0 aromatic heterocycles. The summed E-state index contributed by atoms with van der Waals surface area (Å²) in [6, 6.07) is 6.00. The van der Waals surface area contributed by atoms with Crippen molar-refractivity contribution >= 4 is 5.78 Å². The summed E-state index contributed by atoms with van der Waals surface area (Å²) in [6.45, 7) is 0. The molecule has 0 bridgehead atoms. The van der Waals surface area contributed by atoms with Crippen molar-refractivity contribution in [3.63, 3.8) is 0 Å². The summed E-state index contributed by atoms with van der Waals surface area (Å²) in [6.07, 6.45) is -8.78. The number of benzene rings is 1. The third-order valence-corrected chi connectivity index (χ3v) is 2.76. The van der Waals surface area contributed by atoms with Gasteiger partial charge in [-0.05, 0) is 0 Å². The standard InChI is InChI=1S/C12H9F7O3/c13-10(14,11(15,16)12(17,18)19)9(21,22)6-8(20)7-4-2-1-3-5-7/h1-5,21-22H,6H2. The highest BCUT2D eigenvalue weighted by atomic mass is 19.4. The van der Waals surface area contributed by atoms with Gasteiger partial charge < -0.3 is 10.2 Å². The van der Waals surface area contributed by atoms with Crippen LogP contribution in [0.4, 0.5) is 30.7 Å². The molecule has 1 rings (SSSR count). The Hall–Kier alpha value is -1.68. The van der Waals surface area contributed by atoms with Gasteiger partial charge in [-0.15, -0.1) is 0 Å². The second-order valence-electron chi connectivity index (χ2n) is 4.43. The van der Waals surface area contributed by atoms with Crippen molar-refractivity contribution in [1.29, 1.82) is 0 Å². The average molecular weight is 334 g/mol. The van der Waals surface area contributed by atoms with Crippen LogP contribution in [0.15, 0.2) is 30.3 Å². The number of carbonyl (C=O) groups excluding carboxylic acids is 1. The number of ketones is 1. The van der Waals surface area contributed by atoms with Crippen molar-refractivity contribution in [2.75, 3.05) is 0 Å². The predicted octanol–water partition coefficient (Wildman–Crippen LogP) is 2.77. The molecule has 0 aliphatic rings. The number of carbonyl (C=O) groups is 1. The smallest absolute Gasteiger partial charge is 0.360 e. The lowest BCUT2D eigenvalue weighted by molar-refractivity contribution is -0.420. The Morgan fingerprint density at radius 2 is 1.32 bits per heavy atom.